The van der Waals surface area contributed by atoms with E-state index in [9.17, 15) is 8.78 Å². The third-order valence-corrected chi connectivity index (χ3v) is 5.75. The highest BCUT2D eigenvalue weighted by Crippen LogP contribution is 2.35. The first-order chi connectivity index (χ1) is 16.1. The minimum absolute atomic E-state index is 0.144. The molecule has 1 saturated heterocycles. The molecule has 10 heteroatoms. The number of anilines is 2. The van der Waals surface area contributed by atoms with E-state index in [2.05, 4.69) is 29.7 Å². The first-order valence-corrected chi connectivity index (χ1v) is 10.7. The topological polar surface area (TPSA) is 70.9 Å². The van der Waals surface area contributed by atoms with Crippen molar-refractivity contribution in [3.05, 3.63) is 78.1 Å². The summed E-state index contributed by atoms with van der Waals surface area (Å²) in [5.74, 6) is 0.0870. The van der Waals surface area contributed by atoms with E-state index in [-0.39, 0.29) is 11.3 Å². The first kappa shape index (κ1) is 21.1. The molecule has 3 aromatic heterocycles. The van der Waals surface area contributed by atoms with Gasteiger partial charge in [0.05, 0.1) is 23.1 Å². The highest BCUT2D eigenvalue weighted by molar-refractivity contribution is 6.33. The molecule has 7 nitrogen and oxygen atoms in total. The molecule has 0 saturated carbocycles. The number of rotatable bonds is 4. The van der Waals surface area contributed by atoms with E-state index in [0.29, 0.717) is 35.2 Å². The second kappa shape index (κ2) is 9.03. The molecular weight excluding hydrogens is 448 g/mol. The molecular formula is C23H18ClF2N7. The van der Waals surface area contributed by atoms with Crippen LogP contribution in [0.2, 0.25) is 5.02 Å². The summed E-state index contributed by atoms with van der Waals surface area (Å²) in [6, 6.07) is 5.08. The van der Waals surface area contributed by atoms with Gasteiger partial charge in [0, 0.05) is 68.2 Å². The number of benzene rings is 1. The summed E-state index contributed by atoms with van der Waals surface area (Å²) < 4.78 is 28.1. The average molecular weight is 466 g/mol. The Morgan fingerprint density at radius 3 is 2.18 bits per heavy atom. The van der Waals surface area contributed by atoms with E-state index in [1.807, 2.05) is 0 Å². The number of pyridine rings is 1. The van der Waals surface area contributed by atoms with Gasteiger partial charge in [-0.25, -0.2) is 23.7 Å². The lowest BCUT2D eigenvalue weighted by Gasteiger charge is -2.35. The fourth-order valence-corrected chi connectivity index (χ4v) is 3.99. The fourth-order valence-electron chi connectivity index (χ4n) is 3.78. The maximum absolute atomic E-state index is 14.6. The Balaban J connectivity index is 1.50. The van der Waals surface area contributed by atoms with Gasteiger partial charge in [-0.05, 0) is 18.2 Å². The normalized spacial score (nSPS) is 13.9. The number of piperazine rings is 1. The number of hydrogen-bond acceptors (Lipinski definition) is 7. The van der Waals surface area contributed by atoms with Crippen molar-refractivity contribution in [1.82, 2.24) is 24.9 Å². The minimum Gasteiger partial charge on any atom is -0.352 e. The molecule has 0 N–H and O–H groups in total. The van der Waals surface area contributed by atoms with Gasteiger partial charge in [0.1, 0.15) is 29.0 Å². The largest absolute Gasteiger partial charge is 0.352 e. The molecule has 0 aliphatic carbocycles. The van der Waals surface area contributed by atoms with Crippen LogP contribution in [0.4, 0.5) is 20.4 Å². The summed E-state index contributed by atoms with van der Waals surface area (Å²) in [5, 5.41) is 0.361. The van der Waals surface area contributed by atoms with Crippen LogP contribution in [0.25, 0.3) is 22.5 Å². The molecule has 0 unspecified atom stereocenters. The van der Waals surface area contributed by atoms with Crippen molar-refractivity contribution in [2.24, 2.45) is 0 Å². The smallest absolute Gasteiger partial charge is 0.147 e. The zero-order chi connectivity index (χ0) is 22.8. The van der Waals surface area contributed by atoms with E-state index >= 15 is 0 Å². The molecule has 1 aliphatic rings. The Bertz CT molecular complexity index is 1280. The summed E-state index contributed by atoms with van der Waals surface area (Å²) in [6.45, 7) is 2.86. The van der Waals surface area contributed by atoms with Gasteiger partial charge >= 0.3 is 0 Å². The molecule has 0 radical (unpaired) electrons. The summed E-state index contributed by atoms with van der Waals surface area (Å²) in [5.41, 5.74) is 1.40. The standard InChI is InChI=1S/C23H18ClF2N7/c24-18-12-27-4-3-16(18)23-22(17-2-1-15(25)11-19(17)26)30-14-21(31-23)33-9-7-32(8-10-33)20-13-28-5-6-29-20/h1-6,11-14H,7-10H2. The lowest BCUT2D eigenvalue weighted by Crippen LogP contribution is -2.47. The van der Waals surface area contributed by atoms with E-state index in [0.717, 1.165) is 25.0 Å². The van der Waals surface area contributed by atoms with E-state index in [4.69, 9.17) is 16.6 Å². The van der Waals surface area contributed by atoms with Crippen LogP contribution in [0.1, 0.15) is 0 Å². The maximum atomic E-state index is 14.6. The Labute approximate surface area is 193 Å². The van der Waals surface area contributed by atoms with Crippen LogP contribution in [-0.4, -0.2) is 51.1 Å². The monoisotopic (exact) mass is 465 g/mol. The van der Waals surface area contributed by atoms with Crippen molar-refractivity contribution in [2.45, 2.75) is 0 Å². The number of aromatic nitrogens is 5. The number of hydrogen-bond donors (Lipinski definition) is 0. The maximum Gasteiger partial charge on any atom is 0.147 e. The predicted octanol–water partition coefficient (Wildman–Crippen LogP) is 4.25. The van der Waals surface area contributed by atoms with Crippen LogP contribution in [-0.2, 0) is 0 Å². The third-order valence-electron chi connectivity index (χ3n) is 5.45. The number of nitrogens with zero attached hydrogens (tertiary/aromatic N) is 7. The van der Waals surface area contributed by atoms with Crippen molar-refractivity contribution in [3.8, 4) is 22.5 Å². The van der Waals surface area contributed by atoms with Crippen molar-refractivity contribution < 1.29 is 8.78 Å². The van der Waals surface area contributed by atoms with Crippen LogP contribution in [0.5, 0.6) is 0 Å². The lowest BCUT2D eigenvalue weighted by molar-refractivity contribution is 0.585. The average Bonchev–Trinajstić information content (AvgIpc) is 2.85. The van der Waals surface area contributed by atoms with Crippen LogP contribution < -0.4 is 9.80 Å². The second-order valence-corrected chi connectivity index (χ2v) is 7.85. The lowest BCUT2D eigenvalue weighted by atomic mass is 10.0. The Morgan fingerprint density at radius 1 is 0.727 bits per heavy atom. The second-order valence-electron chi connectivity index (χ2n) is 7.44. The molecule has 4 heterocycles. The van der Waals surface area contributed by atoms with Gasteiger partial charge in [0.25, 0.3) is 0 Å². The van der Waals surface area contributed by atoms with Gasteiger partial charge in [0.2, 0.25) is 0 Å². The van der Waals surface area contributed by atoms with Crippen LogP contribution in [0.15, 0.2) is 61.4 Å². The summed E-state index contributed by atoms with van der Waals surface area (Å²) >= 11 is 6.39. The van der Waals surface area contributed by atoms with Crippen LogP contribution >= 0.6 is 11.6 Å². The highest BCUT2D eigenvalue weighted by atomic mass is 35.5. The number of halogens is 3. The van der Waals surface area contributed by atoms with Gasteiger partial charge in [-0.1, -0.05) is 11.6 Å². The van der Waals surface area contributed by atoms with E-state index in [1.54, 1.807) is 37.1 Å². The van der Waals surface area contributed by atoms with Gasteiger partial charge < -0.3 is 9.80 Å². The van der Waals surface area contributed by atoms with E-state index < -0.39 is 11.6 Å². The van der Waals surface area contributed by atoms with Gasteiger partial charge in [-0.15, -0.1) is 0 Å². The quantitative estimate of drug-likeness (QED) is 0.446. The van der Waals surface area contributed by atoms with Gasteiger partial charge in [-0.3, -0.25) is 9.97 Å². The van der Waals surface area contributed by atoms with Crippen molar-refractivity contribution >= 4 is 23.2 Å². The molecule has 5 rings (SSSR count). The molecule has 0 spiro atoms. The van der Waals surface area contributed by atoms with Crippen LogP contribution in [0, 0.1) is 11.6 Å². The molecule has 0 bridgehead atoms. The molecule has 1 fully saturated rings. The third kappa shape index (κ3) is 4.31. The van der Waals surface area contributed by atoms with Gasteiger partial charge in [0.15, 0.2) is 0 Å². The Kier molecular flexibility index (Phi) is 5.78. The molecule has 1 aromatic carbocycles. The fraction of sp³-hybridized carbons (Fsp3) is 0.174. The summed E-state index contributed by atoms with van der Waals surface area (Å²) in [7, 11) is 0. The van der Waals surface area contributed by atoms with Crippen LogP contribution in [0.3, 0.4) is 0 Å². The summed E-state index contributed by atoms with van der Waals surface area (Å²) in [4.78, 5) is 26.1. The van der Waals surface area contributed by atoms with Crippen molar-refractivity contribution in [2.75, 3.05) is 36.0 Å². The SMILES string of the molecule is Fc1ccc(-c2ncc(N3CCN(c4cnccn4)CC3)nc2-c2ccncc2Cl)c(F)c1. The molecule has 0 atom stereocenters. The summed E-state index contributed by atoms with van der Waals surface area (Å²) in [6.07, 6.45) is 9.74. The Hall–Kier alpha value is -3.72. The molecule has 33 heavy (non-hydrogen) atoms. The molecule has 166 valence electrons. The van der Waals surface area contributed by atoms with E-state index in [1.165, 1.54) is 18.3 Å². The molecule has 0 amide bonds. The Morgan fingerprint density at radius 2 is 1.48 bits per heavy atom. The predicted molar refractivity (Wildman–Crippen MR) is 122 cm³/mol. The highest BCUT2D eigenvalue weighted by Gasteiger charge is 2.23. The molecule has 1 aliphatic heterocycles. The zero-order valence-electron chi connectivity index (χ0n) is 17.4. The van der Waals surface area contributed by atoms with Gasteiger partial charge in [-0.2, -0.15) is 0 Å². The first-order valence-electron chi connectivity index (χ1n) is 10.3. The molecule has 4 aromatic rings. The zero-order valence-corrected chi connectivity index (χ0v) is 18.1. The van der Waals surface area contributed by atoms with Crippen molar-refractivity contribution in [1.29, 1.82) is 0 Å². The van der Waals surface area contributed by atoms with Crippen molar-refractivity contribution in [3.63, 3.8) is 0 Å². The minimum atomic E-state index is -0.721.